The van der Waals surface area contributed by atoms with Crippen LogP contribution in [0.15, 0.2) is 0 Å². The van der Waals surface area contributed by atoms with Crippen LogP contribution in [0.5, 0.6) is 0 Å². The fourth-order valence-electron chi connectivity index (χ4n) is 0. The van der Waals surface area contributed by atoms with Crippen molar-refractivity contribution >= 4 is 11.9 Å². The van der Waals surface area contributed by atoms with Crippen molar-refractivity contribution in [3.05, 3.63) is 6.15 Å². The third-order valence-corrected chi connectivity index (χ3v) is 0.333. The van der Waals surface area contributed by atoms with Gasteiger partial charge in [-0.15, -0.1) is 0 Å². The van der Waals surface area contributed by atoms with Crippen molar-refractivity contribution in [1.82, 2.24) is 0 Å². The van der Waals surface area contributed by atoms with E-state index in [9.17, 15) is 0 Å². The smallest absolute Gasteiger partial charge is 0.693 e. The van der Waals surface area contributed by atoms with E-state index >= 15 is 0 Å². The maximum atomic E-state index is 9.13. The molecule has 0 saturated carbocycles. The van der Waals surface area contributed by atoms with Crippen molar-refractivity contribution in [3.8, 4) is 0 Å². The van der Waals surface area contributed by atoms with Gasteiger partial charge in [0, 0.05) is 13.1 Å². The van der Waals surface area contributed by atoms with E-state index in [1.807, 2.05) is 0 Å². The largest absolute Gasteiger partial charge is 2.00 e. The Kier molecular flexibility index (Phi) is 31.6. The van der Waals surface area contributed by atoms with Crippen LogP contribution in [0, 0.1) is 0 Å². The van der Waals surface area contributed by atoms with Crippen LogP contribution < -0.4 is 21.7 Å². The summed E-state index contributed by atoms with van der Waals surface area (Å²) in [5.41, 5.74) is 9.02. The molecule has 0 aliphatic carbocycles. The molecule has 0 aromatic heterocycles. The minimum absolute atomic E-state index is 0. The number of carboxylic acids is 2. The van der Waals surface area contributed by atoms with Crippen LogP contribution in [0.3, 0.4) is 0 Å². The quantitative estimate of drug-likeness (QED) is 0.459. The Morgan fingerprint density at radius 1 is 1.00 bits per heavy atom. The van der Waals surface area contributed by atoms with Crippen LogP contribution in [0.25, 0.3) is 6.15 Å². The predicted molar refractivity (Wildman–Crippen MR) is 33.4 cm³/mol. The number of hydrogen-bond acceptors (Lipinski definition) is 6. The molecular weight excluding hydrogens is 219 g/mol. The van der Waals surface area contributed by atoms with Crippen LogP contribution in [-0.2, 0) is 29.1 Å². The molecule has 6 N–H and O–H groups in total. The molecule has 0 fully saturated rings. The molecule has 12 heavy (non-hydrogen) atoms. The van der Waals surface area contributed by atoms with Gasteiger partial charge in [-0.25, -0.2) is 0 Å². The molecule has 0 saturated heterocycles. The number of carbonyl (C=O) groups is 2. The SMILES string of the molecule is NCC(=O)[O-].NCC(=O)[O-].[NH2-].[Zn+2]. The zero-order valence-corrected chi connectivity index (χ0v) is 9.45. The summed E-state index contributed by atoms with van der Waals surface area (Å²) in [7, 11) is 0. The second kappa shape index (κ2) is 16.8. The molecule has 0 aromatic carbocycles. The minimum atomic E-state index is -1.22. The van der Waals surface area contributed by atoms with Crippen molar-refractivity contribution in [2.45, 2.75) is 0 Å². The average molecular weight is 230 g/mol. The fourth-order valence-corrected chi connectivity index (χ4v) is 0. The molecule has 0 rings (SSSR count). The summed E-state index contributed by atoms with van der Waals surface area (Å²) in [5.74, 6) is -2.44. The summed E-state index contributed by atoms with van der Waals surface area (Å²) >= 11 is 0. The van der Waals surface area contributed by atoms with Crippen LogP contribution in [-0.4, -0.2) is 25.0 Å². The predicted octanol–water partition coefficient (Wildman–Crippen LogP) is -3.90. The van der Waals surface area contributed by atoms with Gasteiger partial charge in [0.2, 0.25) is 0 Å². The van der Waals surface area contributed by atoms with Crippen molar-refractivity contribution in [2.24, 2.45) is 11.5 Å². The van der Waals surface area contributed by atoms with Gasteiger partial charge in [-0.2, -0.15) is 0 Å². The Bertz CT molecular complexity index is 107. The van der Waals surface area contributed by atoms with E-state index in [2.05, 4.69) is 11.5 Å². The molecule has 7 nitrogen and oxygen atoms in total. The van der Waals surface area contributed by atoms with Gasteiger partial charge in [0.15, 0.2) is 0 Å². The van der Waals surface area contributed by atoms with Crippen molar-refractivity contribution in [2.75, 3.05) is 13.1 Å². The number of carbonyl (C=O) groups excluding carboxylic acids is 2. The summed E-state index contributed by atoms with van der Waals surface area (Å²) in [4.78, 5) is 18.3. The number of hydrogen-bond donors (Lipinski definition) is 2. The minimum Gasteiger partial charge on any atom is -0.693 e. The van der Waals surface area contributed by atoms with Crippen LogP contribution in [0.2, 0.25) is 0 Å². The molecule has 0 aliphatic rings. The zero-order chi connectivity index (χ0) is 8.57. The third kappa shape index (κ3) is 56.8. The monoisotopic (exact) mass is 228 g/mol. The average Bonchev–Trinajstić information content (AvgIpc) is 1.89. The topological polar surface area (TPSA) is 166 Å². The van der Waals surface area contributed by atoms with Crippen LogP contribution in [0.4, 0.5) is 0 Å². The molecule has 0 unspecified atom stereocenters. The third-order valence-electron chi connectivity index (χ3n) is 0.333. The first-order valence-electron chi connectivity index (χ1n) is 2.34. The number of carboxylic acid groups (broad SMARTS) is 2. The Balaban J connectivity index is -0.0000000457. The van der Waals surface area contributed by atoms with E-state index in [-0.39, 0.29) is 38.7 Å². The number of rotatable bonds is 2. The van der Waals surface area contributed by atoms with Crippen LogP contribution >= 0.6 is 0 Å². The molecule has 0 amide bonds. The van der Waals surface area contributed by atoms with Gasteiger partial charge in [-0.1, -0.05) is 0 Å². The summed E-state index contributed by atoms with van der Waals surface area (Å²) in [6.45, 7) is -0.778. The first-order chi connectivity index (χ1) is 4.54. The van der Waals surface area contributed by atoms with Gasteiger partial charge in [0.25, 0.3) is 0 Å². The van der Waals surface area contributed by atoms with Crippen molar-refractivity contribution in [1.29, 1.82) is 0 Å². The van der Waals surface area contributed by atoms with Crippen molar-refractivity contribution in [3.63, 3.8) is 0 Å². The molecule has 0 radical (unpaired) electrons. The zero-order valence-electron chi connectivity index (χ0n) is 6.49. The Morgan fingerprint density at radius 3 is 1.08 bits per heavy atom. The first-order valence-corrected chi connectivity index (χ1v) is 2.34. The summed E-state index contributed by atoms with van der Waals surface area (Å²) in [6.07, 6.45) is 0. The van der Waals surface area contributed by atoms with Crippen molar-refractivity contribution < 1.29 is 39.3 Å². The molecule has 0 aliphatic heterocycles. The molecule has 0 bridgehead atoms. The van der Waals surface area contributed by atoms with Gasteiger partial charge in [0.05, 0.1) is 11.9 Å². The van der Waals surface area contributed by atoms with E-state index in [0.29, 0.717) is 0 Å². The van der Waals surface area contributed by atoms with Gasteiger partial charge in [0.1, 0.15) is 0 Å². The standard InChI is InChI=1S/2C2H5NO2.H2N.Zn/c2*3-1-2(4)5;;/h2*1,3H2,(H,4,5);1H2;/q;;-1;+2/p-2. The molecule has 68 valence electrons. The maximum absolute atomic E-state index is 9.13. The van der Waals surface area contributed by atoms with Gasteiger partial charge in [-0.05, 0) is 0 Å². The molecule has 0 heterocycles. The molecule has 0 spiro atoms. The number of nitrogens with two attached hydrogens (primary N) is 3. The Labute approximate surface area is 82.5 Å². The number of aliphatic carboxylic acids is 2. The van der Waals surface area contributed by atoms with E-state index in [4.69, 9.17) is 19.8 Å². The van der Waals surface area contributed by atoms with E-state index in [0.717, 1.165) is 0 Å². The summed E-state index contributed by atoms with van der Waals surface area (Å²) in [6, 6.07) is 0. The van der Waals surface area contributed by atoms with Gasteiger partial charge >= 0.3 is 19.5 Å². The fraction of sp³-hybridized carbons (Fsp3) is 0.500. The first kappa shape index (κ1) is 22.5. The van der Waals surface area contributed by atoms with E-state index < -0.39 is 11.9 Å². The van der Waals surface area contributed by atoms with Gasteiger partial charge in [-0.3, -0.25) is 0 Å². The summed E-state index contributed by atoms with van der Waals surface area (Å²) < 4.78 is 0. The summed E-state index contributed by atoms with van der Waals surface area (Å²) in [5, 5.41) is 18.3. The molecule has 0 aromatic rings. The molecule has 0 atom stereocenters. The second-order valence-corrected chi connectivity index (χ2v) is 1.15. The van der Waals surface area contributed by atoms with Gasteiger partial charge < -0.3 is 37.4 Å². The van der Waals surface area contributed by atoms with E-state index in [1.165, 1.54) is 0 Å². The van der Waals surface area contributed by atoms with Crippen LogP contribution in [0.1, 0.15) is 0 Å². The van der Waals surface area contributed by atoms with E-state index in [1.54, 1.807) is 0 Å². The Morgan fingerprint density at radius 2 is 1.08 bits per heavy atom. The normalized spacial score (nSPS) is 6.17. The molecular formula is C4H10N3O4Zn-. The maximum Gasteiger partial charge on any atom is 2.00 e. The Hall–Kier alpha value is -0.557. The molecule has 8 heteroatoms. The second-order valence-electron chi connectivity index (χ2n) is 1.15.